The molecule has 0 spiro atoms. The van der Waals surface area contributed by atoms with E-state index in [4.69, 9.17) is 9.47 Å². The van der Waals surface area contributed by atoms with Gasteiger partial charge in [0.05, 0.1) is 6.10 Å². The Morgan fingerprint density at radius 2 is 1.57 bits per heavy atom. The van der Waals surface area contributed by atoms with E-state index in [0.29, 0.717) is 6.42 Å². The van der Waals surface area contributed by atoms with E-state index in [9.17, 15) is 10.2 Å². The quantitative estimate of drug-likeness (QED) is 0.350. The van der Waals surface area contributed by atoms with Gasteiger partial charge in [-0.05, 0) is 31.1 Å². The number of aliphatic hydroxyl groups is 2. The van der Waals surface area contributed by atoms with Gasteiger partial charge in [-0.2, -0.15) is 0 Å². The van der Waals surface area contributed by atoms with Crippen molar-refractivity contribution >= 4 is 0 Å². The van der Waals surface area contributed by atoms with Gasteiger partial charge in [-0.1, -0.05) is 46.5 Å². The Balaban J connectivity index is 4.57. The summed E-state index contributed by atoms with van der Waals surface area (Å²) >= 11 is 0. The summed E-state index contributed by atoms with van der Waals surface area (Å²) in [6, 6.07) is 0. The Hall–Kier alpha value is -0.160. The van der Waals surface area contributed by atoms with E-state index in [1.807, 2.05) is 13.8 Å². The molecule has 0 aromatic heterocycles. The number of hydrogen-bond acceptors (Lipinski definition) is 4. The number of unbranched alkanes of at least 4 members (excludes halogenated alkanes) is 4. The van der Waals surface area contributed by atoms with Gasteiger partial charge in [0.15, 0.2) is 5.79 Å². The van der Waals surface area contributed by atoms with E-state index in [1.165, 1.54) is 25.7 Å². The molecule has 0 fully saturated rings. The summed E-state index contributed by atoms with van der Waals surface area (Å²) in [4.78, 5) is 0. The average Bonchev–Trinajstić information content (AvgIpc) is 2.59. The highest BCUT2D eigenvalue weighted by atomic mass is 16.7. The molecule has 0 aromatic carbocycles. The normalized spacial score (nSPS) is 16.3. The van der Waals surface area contributed by atoms with Gasteiger partial charge in [-0.15, -0.1) is 0 Å². The summed E-state index contributed by atoms with van der Waals surface area (Å²) in [5.74, 6) is -0.400. The molecular formula is C19H40O4. The van der Waals surface area contributed by atoms with Gasteiger partial charge in [-0.25, -0.2) is 0 Å². The van der Waals surface area contributed by atoms with E-state index < -0.39 is 5.79 Å². The van der Waals surface area contributed by atoms with Crippen LogP contribution in [0, 0.1) is 11.8 Å². The van der Waals surface area contributed by atoms with Gasteiger partial charge in [0, 0.05) is 33.7 Å². The molecule has 0 aliphatic heterocycles. The van der Waals surface area contributed by atoms with Crippen LogP contribution in [-0.4, -0.2) is 42.9 Å². The van der Waals surface area contributed by atoms with Gasteiger partial charge in [0.1, 0.15) is 0 Å². The van der Waals surface area contributed by atoms with Crippen LogP contribution in [-0.2, 0) is 9.47 Å². The van der Waals surface area contributed by atoms with Crippen LogP contribution < -0.4 is 0 Å². The molecule has 0 saturated carbocycles. The van der Waals surface area contributed by atoms with Gasteiger partial charge in [0.25, 0.3) is 0 Å². The van der Waals surface area contributed by atoms with Gasteiger partial charge >= 0.3 is 0 Å². The summed E-state index contributed by atoms with van der Waals surface area (Å²) in [5, 5.41) is 19.7. The molecule has 0 radical (unpaired) electrons. The zero-order valence-corrected chi connectivity index (χ0v) is 16.0. The highest BCUT2D eigenvalue weighted by molar-refractivity contribution is 4.78. The smallest absolute Gasteiger partial charge is 0.167 e. The first-order chi connectivity index (χ1) is 11.0. The predicted molar refractivity (Wildman–Crippen MR) is 95.4 cm³/mol. The minimum absolute atomic E-state index is 0.0785. The number of hydrogen-bond donors (Lipinski definition) is 2. The first-order valence-electron chi connectivity index (χ1n) is 9.39. The molecule has 0 aromatic rings. The Morgan fingerprint density at radius 3 is 2.04 bits per heavy atom. The molecule has 0 saturated heterocycles. The fourth-order valence-electron chi connectivity index (χ4n) is 3.30. The molecule has 3 atom stereocenters. The van der Waals surface area contributed by atoms with Crippen LogP contribution in [0.1, 0.15) is 78.6 Å². The average molecular weight is 333 g/mol. The minimum atomic E-state index is -0.562. The minimum Gasteiger partial charge on any atom is -0.396 e. The van der Waals surface area contributed by atoms with Crippen LogP contribution >= 0.6 is 0 Å². The predicted octanol–water partition coefficient (Wildman–Crippen LogP) is 4.13. The van der Waals surface area contributed by atoms with Crippen LogP contribution in [0.25, 0.3) is 0 Å². The first-order valence-corrected chi connectivity index (χ1v) is 9.39. The van der Waals surface area contributed by atoms with Crippen molar-refractivity contribution < 1.29 is 19.7 Å². The summed E-state index contributed by atoms with van der Waals surface area (Å²) in [7, 11) is 3.41. The third kappa shape index (κ3) is 8.48. The molecular weight excluding hydrogens is 292 g/mol. The Labute approximate surface area is 143 Å². The molecule has 0 unspecified atom stereocenters. The second-order valence-corrected chi connectivity index (χ2v) is 6.82. The van der Waals surface area contributed by atoms with Crippen LogP contribution in [0.15, 0.2) is 0 Å². The van der Waals surface area contributed by atoms with Crippen LogP contribution in [0.5, 0.6) is 0 Å². The van der Waals surface area contributed by atoms with Crippen molar-refractivity contribution in [1.29, 1.82) is 0 Å². The first kappa shape index (κ1) is 22.8. The summed E-state index contributed by atoms with van der Waals surface area (Å²) in [5.41, 5.74) is 0. The maximum atomic E-state index is 10.2. The van der Waals surface area contributed by atoms with Gasteiger partial charge in [0.2, 0.25) is 0 Å². The van der Waals surface area contributed by atoms with Crippen molar-refractivity contribution in [3.8, 4) is 0 Å². The summed E-state index contributed by atoms with van der Waals surface area (Å²) in [6.07, 6.45) is 8.85. The fourth-order valence-corrected chi connectivity index (χ4v) is 3.30. The maximum Gasteiger partial charge on any atom is 0.167 e. The molecule has 4 nitrogen and oxygen atoms in total. The number of aliphatic hydroxyl groups excluding tert-OH is 2. The van der Waals surface area contributed by atoms with Gasteiger partial charge < -0.3 is 19.7 Å². The van der Waals surface area contributed by atoms with E-state index in [2.05, 4.69) is 6.92 Å². The van der Waals surface area contributed by atoms with Crippen molar-refractivity contribution in [3.05, 3.63) is 0 Å². The molecule has 23 heavy (non-hydrogen) atoms. The molecule has 0 aliphatic rings. The molecule has 2 N–H and O–H groups in total. The number of methoxy groups -OCH3 is 2. The van der Waals surface area contributed by atoms with E-state index in [1.54, 1.807) is 14.2 Å². The lowest BCUT2D eigenvalue weighted by Crippen LogP contribution is -2.37. The lowest BCUT2D eigenvalue weighted by atomic mass is 9.82. The zero-order chi connectivity index (χ0) is 17.7. The molecule has 4 heteroatoms. The van der Waals surface area contributed by atoms with Crippen LogP contribution in [0.3, 0.4) is 0 Å². The van der Waals surface area contributed by atoms with Crippen molar-refractivity contribution in [2.24, 2.45) is 11.8 Å². The van der Waals surface area contributed by atoms with Crippen LogP contribution in [0.4, 0.5) is 0 Å². The van der Waals surface area contributed by atoms with Crippen molar-refractivity contribution in [2.75, 3.05) is 20.8 Å². The Morgan fingerprint density at radius 1 is 0.957 bits per heavy atom. The van der Waals surface area contributed by atoms with Crippen molar-refractivity contribution in [1.82, 2.24) is 0 Å². The fraction of sp³-hybridized carbons (Fsp3) is 1.00. The zero-order valence-electron chi connectivity index (χ0n) is 16.0. The highest BCUT2D eigenvalue weighted by Gasteiger charge is 2.32. The number of ether oxygens (including phenoxy) is 2. The summed E-state index contributed by atoms with van der Waals surface area (Å²) in [6.45, 7) is 6.30. The lowest BCUT2D eigenvalue weighted by Gasteiger charge is -2.35. The van der Waals surface area contributed by atoms with Crippen molar-refractivity contribution in [2.45, 2.75) is 90.4 Å². The number of rotatable bonds is 15. The second kappa shape index (κ2) is 13.2. The Kier molecular flexibility index (Phi) is 13.1. The van der Waals surface area contributed by atoms with E-state index >= 15 is 0 Å². The molecule has 0 bridgehead atoms. The van der Waals surface area contributed by atoms with Crippen LogP contribution in [0.2, 0.25) is 0 Å². The third-order valence-electron chi connectivity index (χ3n) is 5.20. The largest absolute Gasteiger partial charge is 0.396 e. The van der Waals surface area contributed by atoms with Crippen molar-refractivity contribution in [3.63, 3.8) is 0 Å². The summed E-state index contributed by atoms with van der Waals surface area (Å²) < 4.78 is 11.4. The third-order valence-corrected chi connectivity index (χ3v) is 5.20. The molecule has 0 aliphatic carbocycles. The van der Waals surface area contributed by atoms with Gasteiger partial charge in [-0.3, -0.25) is 0 Å². The Bertz CT molecular complexity index is 256. The van der Waals surface area contributed by atoms with E-state index in [-0.39, 0.29) is 24.5 Å². The molecule has 140 valence electrons. The molecule has 0 heterocycles. The van der Waals surface area contributed by atoms with E-state index in [0.717, 1.165) is 25.7 Å². The SMILES string of the molecule is CCCCCCCC(CC[C@@H]([C@H](O)CC)[C@@H](C)CO)(OC)OC. The molecule has 0 rings (SSSR count). The maximum absolute atomic E-state index is 10.2. The monoisotopic (exact) mass is 332 g/mol. The topological polar surface area (TPSA) is 58.9 Å². The lowest BCUT2D eigenvalue weighted by molar-refractivity contribution is -0.219. The molecule has 0 amide bonds. The highest BCUT2D eigenvalue weighted by Crippen LogP contribution is 2.31. The second-order valence-electron chi connectivity index (χ2n) is 6.82. The standard InChI is InChI=1S/C19H40O4/c1-6-8-9-10-11-13-19(22-4,23-5)14-12-17(16(3)15-20)18(21)7-2/h16-18,20-21H,6-15H2,1-5H3/t16-,17+,18+/m0/s1.